The van der Waals surface area contributed by atoms with E-state index in [4.69, 9.17) is 0 Å². The first-order valence-electron chi connectivity index (χ1n) is 14.1. The largest absolute Gasteiger partial charge is 0.324 e. The third kappa shape index (κ3) is 5.52. The van der Waals surface area contributed by atoms with Crippen LogP contribution in [0.1, 0.15) is 47.3 Å². The van der Waals surface area contributed by atoms with Gasteiger partial charge in [-0.1, -0.05) is 18.2 Å². The normalized spacial score (nSPS) is 17.7. The highest BCUT2D eigenvalue weighted by molar-refractivity contribution is 6.11. The van der Waals surface area contributed by atoms with Crippen molar-refractivity contribution in [3.05, 3.63) is 83.6 Å². The van der Waals surface area contributed by atoms with Crippen LogP contribution in [-0.2, 0) is 6.54 Å². The molecule has 1 atom stereocenters. The Bertz CT molecular complexity index is 1510. The molecule has 2 aromatic heterocycles. The quantitative estimate of drug-likeness (QED) is 0.333. The molecule has 0 spiro atoms. The van der Waals surface area contributed by atoms with Crippen LogP contribution < -0.4 is 15.5 Å². The summed E-state index contributed by atoms with van der Waals surface area (Å²) < 4.78 is 15.6. The number of aromatic nitrogens is 3. The summed E-state index contributed by atoms with van der Waals surface area (Å²) in [6.07, 6.45) is 7.60. The zero-order valence-electron chi connectivity index (χ0n) is 22.7. The van der Waals surface area contributed by atoms with Crippen molar-refractivity contribution >= 4 is 34.1 Å². The number of nitrogens with one attached hydrogen (secondary N) is 2. The molecule has 2 aliphatic rings. The first-order chi connectivity index (χ1) is 19.6. The lowest BCUT2D eigenvalue weighted by atomic mass is 10.0. The summed E-state index contributed by atoms with van der Waals surface area (Å²) in [5, 5.41) is 8.40. The highest BCUT2D eigenvalue weighted by atomic mass is 19.1. The molecule has 2 aliphatic heterocycles. The molecule has 2 saturated heterocycles. The van der Waals surface area contributed by atoms with Gasteiger partial charge in [0.2, 0.25) is 5.95 Å². The van der Waals surface area contributed by atoms with Crippen LogP contribution in [-0.4, -0.2) is 58.0 Å². The fourth-order valence-corrected chi connectivity index (χ4v) is 5.80. The average molecular weight is 540 g/mol. The van der Waals surface area contributed by atoms with E-state index in [1.165, 1.54) is 25.0 Å². The Morgan fingerprint density at radius 1 is 1.10 bits per heavy atom. The summed E-state index contributed by atoms with van der Waals surface area (Å²) >= 11 is 0. The van der Waals surface area contributed by atoms with Crippen molar-refractivity contribution in [3.8, 4) is 0 Å². The number of pyridine rings is 1. The van der Waals surface area contributed by atoms with Gasteiger partial charge in [-0.3, -0.25) is 14.6 Å². The van der Waals surface area contributed by atoms with Gasteiger partial charge < -0.3 is 10.6 Å². The zero-order chi connectivity index (χ0) is 27.5. The summed E-state index contributed by atoms with van der Waals surface area (Å²) in [5.41, 5.74) is 2.43. The average Bonchev–Trinajstić information content (AvgIpc) is 3.47. The van der Waals surface area contributed by atoms with Crippen LogP contribution >= 0.6 is 0 Å². The van der Waals surface area contributed by atoms with Crippen LogP contribution in [0, 0.1) is 12.7 Å². The Hall–Kier alpha value is -3.95. The maximum absolute atomic E-state index is 15.6. The maximum atomic E-state index is 15.6. The molecule has 2 fully saturated rings. The van der Waals surface area contributed by atoms with Gasteiger partial charge in [-0.2, -0.15) is 0 Å². The number of carbonyl (C=O) groups is 1. The number of hydrogen-bond acceptors (Lipinski definition) is 7. The molecule has 40 heavy (non-hydrogen) atoms. The van der Waals surface area contributed by atoms with E-state index >= 15 is 4.39 Å². The predicted octanol–water partition coefficient (Wildman–Crippen LogP) is 5.21. The first-order valence-corrected chi connectivity index (χ1v) is 14.1. The van der Waals surface area contributed by atoms with Crippen LogP contribution in [0.5, 0.6) is 0 Å². The maximum Gasteiger partial charge on any atom is 0.262 e. The summed E-state index contributed by atoms with van der Waals surface area (Å²) in [4.78, 5) is 31.7. The van der Waals surface area contributed by atoms with Gasteiger partial charge in [-0.05, 0) is 93.5 Å². The highest BCUT2D eigenvalue weighted by Crippen LogP contribution is 2.32. The molecule has 0 saturated carbocycles. The van der Waals surface area contributed by atoms with Crippen molar-refractivity contribution in [2.45, 2.75) is 45.2 Å². The lowest BCUT2D eigenvalue weighted by molar-refractivity contribution is 0.0968. The Labute approximate surface area is 233 Å². The Balaban J connectivity index is 1.28. The smallest absolute Gasteiger partial charge is 0.262 e. The standard InChI is InChI=1S/C31H34FN7O/c1-21-6-4-7-22-11-14-34-29(28(21)22)39(25-8-5-13-33-19-25)30(40)26-10-9-23(18-27(26)32)36-31-35-15-12-24(37-31)20-38-16-2-3-17-38/h4,6-7,9-12,14-15,18,25,33H,2-3,5,8,13,16-17,19-20H2,1H3,(H,35,36,37)/t25-/m1/s1. The van der Waals surface area contributed by atoms with Crippen molar-refractivity contribution in [2.24, 2.45) is 0 Å². The molecule has 8 nitrogen and oxygen atoms in total. The third-order valence-electron chi connectivity index (χ3n) is 7.82. The van der Waals surface area contributed by atoms with Crippen LogP contribution in [0.25, 0.3) is 10.8 Å². The molecular formula is C31H34FN7O. The van der Waals surface area contributed by atoms with E-state index in [9.17, 15) is 4.79 Å². The molecule has 0 radical (unpaired) electrons. The van der Waals surface area contributed by atoms with Crippen molar-refractivity contribution in [1.82, 2.24) is 25.2 Å². The molecule has 6 rings (SSSR count). The Morgan fingerprint density at radius 2 is 1.95 bits per heavy atom. The number of benzene rings is 2. The number of hydrogen-bond donors (Lipinski definition) is 2. The number of halogens is 1. The minimum Gasteiger partial charge on any atom is -0.324 e. The van der Waals surface area contributed by atoms with E-state index in [1.54, 1.807) is 23.4 Å². The van der Waals surface area contributed by atoms with Crippen LogP contribution in [0.2, 0.25) is 0 Å². The number of amides is 1. The minimum absolute atomic E-state index is 0.00668. The fraction of sp³-hybridized carbons (Fsp3) is 0.355. The van der Waals surface area contributed by atoms with Crippen molar-refractivity contribution < 1.29 is 9.18 Å². The lowest BCUT2D eigenvalue weighted by Gasteiger charge is -2.35. The SMILES string of the molecule is Cc1cccc2ccnc(N(C(=O)c3ccc(Nc4nccc(CN5CCCC5)n4)cc3F)[C@@H]3CCCNC3)c12. The van der Waals surface area contributed by atoms with Gasteiger partial charge in [0.1, 0.15) is 11.6 Å². The zero-order valence-corrected chi connectivity index (χ0v) is 22.7. The fourth-order valence-electron chi connectivity index (χ4n) is 5.80. The summed E-state index contributed by atoms with van der Waals surface area (Å²) in [5.74, 6) is -0.0292. The van der Waals surface area contributed by atoms with Gasteiger partial charge >= 0.3 is 0 Å². The molecule has 9 heteroatoms. The summed E-state index contributed by atoms with van der Waals surface area (Å²) in [7, 11) is 0. The second kappa shape index (κ2) is 11.7. The number of likely N-dealkylation sites (tertiary alicyclic amines) is 1. The van der Waals surface area contributed by atoms with E-state index in [2.05, 4.69) is 30.5 Å². The Kier molecular flexibility index (Phi) is 7.66. The molecule has 2 N–H and O–H groups in total. The van der Waals surface area contributed by atoms with E-state index in [1.807, 2.05) is 37.3 Å². The predicted molar refractivity (Wildman–Crippen MR) is 155 cm³/mol. The number of anilines is 3. The Morgan fingerprint density at radius 3 is 2.75 bits per heavy atom. The van der Waals surface area contributed by atoms with E-state index in [-0.39, 0.29) is 11.6 Å². The van der Waals surface area contributed by atoms with Gasteiger partial charge in [0.25, 0.3) is 5.91 Å². The molecule has 1 amide bonds. The molecule has 2 aromatic carbocycles. The van der Waals surface area contributed by atoms with Gasteiger partial charge in [0, 0.05) is 36.6 Å². The number of aryl methyl sites for hydroxylation is 1. The van der Waals surface area contributed by atoms with Crippen LogP contribution in [0.15, 0.2) is 60.9 Å². The number of fused-ring (bicyclic) bond motifs is 1. The van der Waals surface area contributed by atoms with Gasteiger partial charge in [0.15, 0.2) is 0 Å². The third-order valence-corrected chi connectivity index (χ3v) is 7.82. The molecule has 0 unspecified atom stereocenters. The number of rotatable bonds is 7. The summed E-state index contributed by atoms with van der Waals surface area (Å²) in [6.45, 7) is 6.47. The monoisotopic (exact) mass is 539 g/mol. The summed E-state index contributed by atoms with van der Waals surface area (Å²) in [6, 6.07) is 14.3. The molecule has 0 aliphatic carbocycles. The van der Waals surface area contributed by atoms with E-state index in [0.29, 0.717) is 24.0 Å². The van der Waals surface area contributed by atoms with Crippen molar-refractivity contribution in [2.75, 3.05) is 36.4 Å². The molecular weight excluding hydrogens is 505 g/mol. The van der Waals surface area contributed by atoms with Crippen molar-refractivity contribution in [3.63, 3.8) is 0 Å². The minimum atomic E-state index is -0.603. The van der Waals surface area contributed by atoms with Crippen LogP contribution in [0.4, 0.5) is 21.8 Å². The highest BCUT2D eigenvalue weighted by Gasteiger charge is 2.31. The molecule has 0 bridgehead atoms. The van der Waals surface area contributed by atoms with E-state index < -0.39 is 11.7 Å². The van der Waals surface area contributed by atoms with Gasteiger partial charge in [-0.15, -0.1) is 0 Å². The first kappa shape index (κ1) is 26.3. The second-order valence-corrected chi connectivity index (χ2v) is 10.7. The number of nitrogens with zero attached hydrogens (tertiary/aromatic N) is 5. The molecule has 206 valence electrons. The molecule has 4 heterocycles. The second-order valence-electron chi connectivity index (χ2n) is 10.7. The topological polar surface area (TPSA) is 86.3 Å². The van der Waals surface area contributed by atoms with E-state index in [0.717, 1.165) is 61.1 Å². The van der Waals surface area contributed by atoms with Crippen molar-refractivity contribution in [1.29, 1.82) is 0 Å². The number of piperidine rings is 1. The van der Waals surface area contributed by atoms with Gasteiger partial charge in [-0.25, -0.2) is 19.3 Å². The van der Waals surface area contributed by atoms with Gasteiger partial charge in [0.05, 0.1) is 17.3 Å². The van der Waals surface area contributed by atoms with Crippen LogP contribution in [0.3, 0.4) is 0 Å². The number of carbonyl (C=O) groups excluding carboxylic acids is 1. The molecule has 4 aromatic rings. The lowest BCUT2D eigenvalue weighted by Crippen LogP contribution is -2.49.